The highest BCUT2D eigenvalue weighted by Gasteiger charge is 2.67. The van der Waals surface area contributed by atoms with Crippen molar-refractivity contribution in [1.29, 1.82) is 0 Å². The lowest BCUT2D eigenvalue weighted by atomic mass is 10.1. The van der Waals surface area contributed by atoms with Crippen LogP contribution < -0.4 is 16.2 Å². The summed E-state index contributed by atoms with van der Waals surface area (Å²) in [5.74, 6) is -4.24. The van der Waals surface area contributed by atoms with Crippen molar-refractivity contribution < 1.29 is 18.4 Å². The fourth-order valence-electron chi connectivity index (χ4n) is 3.60. The second-order valence-electron chi connectivity index (χ2n) is 7.72. The largest absolute Gasteiger partial charge is 0.326 e. The molecule has 3 aromatic rings. The summed E-state index contributed by atoms with van der Waals surface area (Å²) in [6, 6.07) is 11.8. The zero-order chi connectivity index (χ0) is 25.5. The molecule has 0 aromatic heterocycles. The van der Waals surface area contributed by atoms with Gasteiger partial charge >= 0.3 is 0 Å². The van der Waals surface area contributed by atoms with Gasteiger partial charge in [0, 0.05) is 27.7 Å². The quantitative estimate of drug-likeness (QED) is 0.214. The molecular weight excluding hydrogens is 566 g/mol. The van der Waals surface area contributed by atoms with E-state index in [9.17, 15) is 18.4 Å². The van der Waals surface area contributed by atoms with Crippen LogP contribution in [0, 0.1) is 17.6 Å². The molecule has 4 rings (SSSR count). The number of hydrogen-bond donors (Lipinski definition) is 3. The van der Waals surface area contributed by atoms with Crippen LogP contribution in [-0.2, 0) is 4.79 Å². The van der Waals surface area contributed by atoms with E-state index in [0.29, 0.717) is 21.7 Å². The average molecular weight is 580 g/mol. The van der Waals surface area contributed by atoms with Crippen LogP contribution in [0.2, 0.25) is 15.1 Å². The molecule has 5 nitrogen and oxygen atoms in total. The summed E-state index contributed by atoms with van der Waals surface area (Å²) in [7, 11) is 0. The van der Waals surface area contributed by atoms with E-state index in [-0.39, 0.29) is 22.0 Å². The number of alkyl halides is 2. The lowest BCUT2D eigenvalue weighted by Gasteiger charge is -2.12. The van der Waals surface area contributed by atoms with E-state index in [4.69, 9.17) is 58.0 Å². The van der Waals surface area contributed by atoms with Crippen molar-refractivity contribution >= 4 is 81.2 Å². The van der Waals surface area contributed by atoms with Crippen LogP contribution in [0.4, 0.5) is 20.2 Å². The predicted molar refractivity (Wildman–Crippen MR) is 135 cm³/mol. The molecule has 2 atom stereocenters. The first-order valence-corrected chi connectivity index (χ1v) is 11.8. The topological polar surface area (TPSA) is 70.2 Å². The molecule has 2 amide bonds. The van der Waals surface area contributed by atoms with Crippen LogP contribution in [0.5, 0.6) is 0 Å². The monoisotopic (exact) mass is 577 g/mol. The Bertz CT molecular complexity index is 1320. The maximum Gasteiger partial charge on any atom is 0.271 e. The Morgan fingerprint density at radius 2 is 1.57 bits per heavy atom. The van der Waals surface area contributed by atoms with Crippen molar-refractivity contribution in [2.75, 3.05) is 10.7 Å². The van der Waals surface area contributed by atoms with E-state index in [1.807, 2.05) is 0 Å². The number of halogens is 7. The smallest absolute Gasteiger partial charge is 0.271 e. The highest BCUT2D eigenvalue weighted by molar-refractivity contribution is 6.53. The first-order valence-electron chi connectivity index (χ1n) is 9.93. The minimum Gasteiger partial charge on any atom is -0.326 e. The fourth-order valence-corrected chi connectivity index (χ4v) is 5.18. The molecule has 1 aliphatic carbocycles. The van der Waals surface area contributed by atoms with Crippen LogP contribution >= 0.6 is 58.0 Å². The minimum absolute atomic E-state index is 0.0172. The Morgan fingerprint density at radius 1 is 0.886 bits per heavy atom. The van der Waals surface area contributed by atoms with Crippen molar-refractivity contribution in [3.05, 3.63) is 92.4 Å². The van der Waals surface area contributed by atoms with Gasteiger partial charge in [-0.2, -0.15) is 0 Å². The van der Waals surface area contributed by atoms with Gasteiger partial charge in [-0.15, -0.1) is 23.2 Å². The lowest BCUT2D eigenvalue weighted by Crippen LogP contribution is -2.30. The fraction of sp³-hybridized carbons (Fsp3) is 0.130. The van der Waals surface area contributed by atoms with Gasteiger partial charge in [-0.1, -0.05) is 34.8 Å². The Balaban J connectivity index is 1.46. The number of amides is 2. The van der Waals surface area contributed by atoms with Gasteiger partial charge in [-0.25, -0.2) is 8.78 Å². The molecule has 0 heterocycles. The maximum absolute atomic E-state index is 13.8. The van der Waals surface area contributed by atoms with E-state index >= 15 is 0 Å². The van der Waals surface area contributed by atoms with Crippen LogP contribution in [-0.4, -0.2) is 16.1 Å². The van der Waals surface area contributed by atoms with Gasteiger partial charge in [0.05, 0.1) is 22.2 Å². The van der Waals surface area contributed by atoms with E-state index in [1.165, 1.54) is 18.2 Å². The van der Waals surface area contributed by atoms with Crippen molar-refractivity contribution in [3.63, 3.8) is 0 Å². The molecule has 1 saturated carbocycles. The van der Waals surface area contributed by atoms with Crippen molar-refractivity contribution in [1.82, 2.24) is 5.43 Å². The van der Waals surface area contributed by atoms with Gasteiger partial charge < -0.3 is 5.32 Å². The summed E-state index contributed by atoms with van der Waals surface area (Å²) in [4.78, 5) is 25.5. The standard InChI is InChI=1S/C23H14Cl5F2N3O2/c24-11-5-10(6-12(25)7-11)19-20(23(19,27)28)22(35)31-14-2-3-16(26)15(9-14)21(34)33-32-18-4-1-13(29)8-17(18)30/h1-9,19-20,32H,(H,31,35)(H,33,34)/t19-,20+/m0/s1. The molecule has 1 fully saturated rings. The van der Waals surface area contributed by atoms with Crippen LogP contribution in [0.1, 0.15) is 21.8 Å². The van der Waals surface area contributed by atoms with E-state index < -0.39 is 39.6 Å². The molecule has 0 spiro atoms. The Morgan fingerprint density at radius 3 is 2.23 bits per heavy atom. The van der Waals surface area contributed by atoms with E-state index in [2.05, 4.69) is 16.2 Å². The molecule has 0 radical (unpaired) electrons. The summed E-state index contributed by atoms with van der Waals surface area (Å²) >= 11 is 31.0. The zero-order valence-corrected chi connectivity index (χ0v) is 21.1. The molecule has 1 aliphatic rings. The molecule has 3 N–H and O–H groups in total. The molecule has 35 heavy (non-hydrogen) atoms. The molecule has 3 aromatic carbocycles. The summed E-state index contributed by atoms with van der Waals surface area (Å²) in [6.07, 6.45) is 0. The molecule has 12 heteroatoms. The van der Waals surface area contributed by atoms with Gasteiger partial charge in [0.15, 0.2) is 5.82 Å². The number of carbonyl (C=O) groups excluding carboxylic acids is 2. The first-order chi connectivity index (χ1) is 16.5. The van der Waals surface area contributed by atoms with Crippen LogP contribution in [0.15, 0.2) is 54.6 Å². The Labute approximate surface area is 223 Å². The third-order valence-electron chi connectivity index (χ3n) is 5.30. The molecule has 0 aliphatic heterocycles. The molecular formula is C23H14Cl5F2N3O2. The number of hydrazine groups is 1. The van der Waals surface area contributed by atoms with Gasteiger partial charge in [0.2, 0.25) is 5.91 Å². The van der Waals surface area contributed by atoms with E-state index in [0.717, 1.165) is 12.1 Å². The molecule has 0 bridgehead atoms. The molecule has 182 valence electrons. The second kappa shape index (κ2) is 9.99. The summed E-state index contributed by atoms with van der Waals surface area (Å²) in [6.45, 7) is 0. The average Bonchev–Trinajstić information content (AvgIpc) is 3.35. The van der Waals surface area contributed by atoms with Crippen molar-refractivity contribution in [2.24, 2.45) is 5.92 Å². The third-order valence-corrected chi connectivity index (χ3v) is 7.01. The zero-order valence-electron chi connectivity index (χ0n) is 17.3. The number of nitrogens with one attached hydrogen (secondary N) is 3. The highest BCUT2D eigenvalue weighted by Crippen LogP contribution is 2.65. The normalized spacial score (nSPS) is 18.0. The van der Waals surface area contributed by atoms with Crippen molar-refractivity contribution in [2.45, 2.75) is 10.3 Å². The molecule has 0 unspecified atom stereocenters. The summed E-state index contributed by atoms with van der Waals surface area (Å²) in [5.41, 5.74) is 5.31. The van der Waals surface area contributed by atoms with Crippen molar-refractivity contribution in [3.8, 4) is 0 Å². The first kappa shape index (κ1) is 25.8. The summed E-state index contributed by atoms with van der Waals surface area (Å²) in [5, 5.41) is 3.50. The number of rotatable bonds is 6. The van der Waals surface area contributed by atoms with Crippen LogP contribution in [0.25, 0.3) is 0 Å². The van der Waals surface area contributed by atoms with E-state index in [1.54, 1.807) is 18.2 Å². The minimum atomic E-state index is -1.38. The lowest BCUT2D eigenvalue weighted by molar-refractivity contribution is -0.117. The highest BCUT2D eigenvalue weighted by atomic mass is 35.5. The second-order valence-corrected chi connectivity index (χ2v) is 10.4. The Hall–Kier alpha value is -2.29. The third kappa shape index (κ3) is 5.60. The predicted octanol–water partition coefficient (Wildman–Crippen LogP) is 7.21. The Kier molecular flexibility index (Phi) is 7.36. The van der Waals surface area contributed by atoms with Gasteiger partial charge in [0.25, 0.3) is 5.91 Å². The molecule has 0 saturated heterocycles. The SMILES string of the molecule is O=C(NNc1ccc(F)cc1F)c1cc(NC(=O)[C@H]2[C@H](c3cc(Cl)cc(Cl)c3)C2(Cl)Cl)ccc1Cl. The number of anilines is 2. The number of carbonyl (C=O) groups is 2. The summed E-state index contributed by atoms with van der Waals surface area (Å²) < 4.78 is 25.4. The van der Waals surface area contributed by atoms with Gasteiger partial charge in [-0.3, -0.25) is 20.4 Å². The number of hydrogen-bond acceptors (Lipinski definition) is 3. The number of benzene rings is 3. The van der Waals surface area contributed by atoms with Gasteiger partial charge in [0.1, 0.15) is 10.2 Å². The van der Waals surface area contributed by atoms with Crippen LogP contribution in [0.3, 0.4) is 0 Å². The van der Waals surface area contributed by atoms with Gasteiger partial charge in [-0.05, 0) is 54.1 Å². The maximum atomic E-state index is 13.8.